The van der Waals surface area contributed by atoms with Crippen LogP contribution in [0.3, 0.4) is 0 Å². The second-order valence-corrected chi connectivity index (χ2v) is 6.84. The highest BCUT2D eigenvalue weighted by molar-refractivity contribution is 5.02. The predicted octanol–water partition coefficient (Wildman–Crippen LogP) is 2.90. The lowest BCUT2D eigenvalue weighted by molar-refractivity contribution is -0.141. The average molecular weight is 277 g/mol. The van der Waals surface area contributed by atoms with Crippen LogP contribution in [0.15, 0.2) is 12.3 Å². The van der Waals surface area contributed by atoms with Crippen LogP contribution in [0.1, 0.15) is 57.7 Å². The van der Waals surface area contributed by atoms with E-state index < -0.39 is 0 Å². The molecule has 1 aliphatic heterocycles. The summed E-state index contributed by atoms with van der Waals surface area (Å²) < 4.78 is 8.17. The number of hydrogen-bond donors (Lipinski definition) is 1. The number of hydrogen-bond acceptors (Lipinski definition) is 3. The van der Waals surface area contributed by atoms with Crippen molar-refractivity contribution in [3.8, 4) is 0 Å². The molecule has 0 aromatic carbocycles. The van der Waals surface area contributed by atoms with Gasteiger partial charge in [-0.3, -0.25) is 4.68 Å². The van der Waals surface area contributed by atoms with Crippen molar-refractivity contribution < 1.29 is 4.74 Å². The second-order valence-electron chi connectivity index (χ2n) is 6.84. The molecule has 1 aromatic heterocycles. The minimum Gasteiger partial charge on any atom is -0.375 e. The summed E-state index contributed by atoms with van der Waals surface area (Å²) in [5.74, 6) is 0.686. The fourth-order valence-electron chi connectivity index (χ4n) is 3.31. The topological polar surface area (TPSA) is 39.1 Å². The summed E-state index contributed by atoms with van der Waals surface area (Å²) >= 11 is 0. The SMILES string of the molecule is CC(C)CNCc1ccn(C2CCOC3(CCC3)C2)n1. The van der Waals surface area contributed by atoms with Gasteiger partial charge in [0.05, 0.1) is 17.3 Å². The van der Waals surface area contributed by atoms with Gasteiger partial charge in [0.1, 0.15) is 0 Å². The lowest BCUT2D eigenvalue weighted by Gasteiger charge is -2.47. The van der Waals surface area contributed by atoms with Crippen LogP contribution in [0.4, 0.5) is 0 Å². The van der Waals surface area contributed by atoms with Gasteiger partial charge in [-0.05, 0) is 50.6 Å². The van der Waals surface area contributed by atoms with Crippen molar-refractivity contribution in [2.75, 3.05) is 13.2 Å². The molecule has 0 amide bonds. The highest BCUT2D eigenvalue weighted by Gasteiger charge is 2.43. The van der Waals surface area contributed by atoms with Crippen molar-refractivity contribution in [1.82, 2.24) is 15.1 Å². The summed E-state index contributed by atoms with van der Waals surface area (Å²) in [5, 5.41) is 8.21. The van der Waals surface area contributed by atoms with Gasteiger partial charge in [-0.2, -0.15) is 5.10 Å². The molecule has 1 spiro atoms. The lowest BCUT2D eigenvalue weighted by Crippen LogP contribution is -2.46. The molecule has 1 unspecified atom stereocenters. The molecule has 2 aliphatic rings. The van der Waals surface area contributed by atoms with Crippen LogP contribution in [0.2, 0.25) is 0 Å². The highest BCUT2D eigenvalue weighted by atomic mass is 16.5. The molecule has 3 rings (SSSR count). The first kappa shape index (κ1) is 14.1. The van der Waals surface area contributed by atoms with Crippen molar-refractivity contribution in [3.63, 3.8) is 0 Å². The van der Waals surface area contributed by atoms with Gasteiger partial charge in [0.2, 0.25) is 0 Å². The van der Waals surface area contributed by atoms with Crippen molar-refractivity contribution in [1.29, 1.82) is 0 Å². The maximum atomic E-state index is 6.00. The fraction of sp³-hybridized carbons (Fsp3) is 0.812. The number of aromatic nitrogens is 2. The Morgan fingerprint density at radius 2 is 2.35 bits per heavy atom. The number of rotatable bonds is 5. The minimum absolute atomic E-state index is 0.199. The molecule has 4 heteroatoms. The Morgan fingerprint density at radius 1 is 1.50 bits per heavy atom. The average Bonchev–Trinajstić information content (AvgIpc) is 2.85. The van der Waals surface area contributed by atoms with E-state index in [1.54, 1.807) is 0 Å². The van der Waals surface area contributed by atoms with Gasteiger partial charge in [-0.25, -0.2) is 0 Å². The Bertz CT molecular complexity index is 437. The quantitative estimate of drug-likeness (QED) is 0.899. The van der Waals surface area contributed by atoms with Crippen LogP contribution in [-0.4, -0.2) is 28.5 Å². The van der Waals surface area contributed by atoms with Crippen LogP contribution < -0.4 is 5.32 Å². The molecule has 0 radical (unpaired) electrons. The summed E-state index contributed by atoms with van der Waals surface area (Å²) in [6.07, 6.45) is 8.21. The predicted molar refractivity (Wildman–Crippen MR) is 79.6 cm³/mol. The molecule has 1 aliphatic carbocycles. The molecule has 1 atom stereocenters. The highest BCUT2D eigenvalue weighted by Crippen LogP contribution is 2.45. The van der Waals surface area contributed by atoms with Gasteiger partial charge in [-0.1, -0.05) is 13.8 Å². The van der Waals surface area contributed by atoms with E-state index in [2.05, 4.69) is 36.1 Å². The summed E-state index contributed by atoms with van der Waals surface area (Å²) in [5.41, 5.74) is 1.35. The first-order valence-electron chi connectivity index (χ1n) is 8.06. The third-order valence-corrected chi connectivity index (χ3v) is 4.63. The molecular formula is C16H27N3O. The summed E-state index contributed by atoms with van der Waals surface area (Å²) in [4.78, 5) is 0. The van der Waals surface area contributed by atoms with Gasteiger partial charge in [0.25, 0.3) is 0 Å². The third kappa shape index (κ3) is 3.07. The van der Waals surface area contributed by atoms with Crippen molar-refractivity contribution >= 4 is 0 Å². The van der Waals surface area contributed by atoms with Crippen molar-refractivity contribution in [3.05, 3.63) is 18.0 Å². The van der Waals surface area contributed by atoms with Crippen molar-refractivity contribution in [2.45, 2.75) is 64.1 Å². The van der Waals surface area contributed by atoms with Crippen LogP contribution >= 0.6 is 0 Å². The molecule has 1 aromatic rings. The minimum atomic E-state index is 0.199. The van der Waals surface area contributed by atoms with Crippen LogP contribution in [0.5, 0.6) is 0 Å². The Balaban J connectivity index is 1.56. The summed E-state index contributed by atoms with van der Waals surface area (Å²) in [6, 6.07) is 2.68. The number of nitrogens with one attached hydrogen (secondary N) is 1. The largest absolute Gasteiger partial charge is 0.375 e. The summed E-state index contributed by atoms with van der Waals surface area (Å²) in [7, 11) is 0. The van der Waals surface area contributed by atoms with Gasteiger partial charge < -0.3 is 10.1 Å². The molecule has 0 bridgehead atoms. The van der Waals surface area contributed by atoms with Gasteiger partial charge in [0.15, 0.2) is 0 Å². The standard InChI is InChI=1S/C16H27N3O/c1-13(2)11-17-12-14-4-8-19(18-14)15-5-9-20-16(10-15)6-3-7-16/h4,8,13,15,17H,3,5-7,9-12H2,1-2H3. The molecule has 20 heavy (non-hydrogen) atoms. The van der Waals surface area contributed by atoms with Crippen molar-refractivity contribution in [2.24, 2.45) is 5.92 Å². The Kier molecular flexibility index (Phi) is 4.13. The van der Waals surface area contributed by atoms with Crippen LogP contribution in [0.25, 0.3) is 0 Å². The van der Waals surface area contributed by atoms with E-state index in [0.29, 0.717) is 12.0 Å². The summed E-state index contributed by atoms with van der Waals surface area (Å²) in [6.45, 7) is 7.27. The Hall–Kier alpha value is -0.870. The maximum absolute atomic E-state index is 6.00. The Labute approximate surface area is 121 Å². The maximum Gasteiger partial charge on any atom is 0.0762 e. The molecule has 112 valence electrons. The zero-order chi connectivity index (χ0) is 14.0. The van der Waals surface area contributed by atoms with E-state index in [0.717, 1.165) is 38.2 Å². The van der Waals surface area contributed by atoms with E-state index in [9.17, 15) is 0 Å². The normalized spacial score (nSPS) is 25.1. The molecule has 1 N–H and O–H groups in total. The first-order chi connectivity index (χ1) is 9.67. The van der Waals surface area contributed by atoms with Gasteiger partial charge in [0, 0.05) is 19.3 Å². The van der Waals surface area contributed by atoms with Gasteiger partial charge in [-0.15, -0.1) is 0 Å². The van der Waals surface area contributed by atoms with Crippen LogP contribution in [-0.2, 0) is 11.3 Å². The second kappa shape index (κ2) is 5.86. The van der Waals surface area contributed by atoms with E-state index in [-0.39, 0.29) is 5.60 Å². The zero-order valence-corrected chi connectivity index (χ0v) is 12.8. The fourth-order valence-corrected chi connectivity index (χ4v) is 3.31. The molecule has 1 saturated heterocycles. The number of ether oxygens (including phenoxy) is 1. The Morgan fingerprint density at radius 3 is 3.05 bits per heavy atom. The first-order valence-corrected chi connectivity index (χ1v) is 8.06. The molecule has 2 heterocycles. The number of nitrogens with zero attached hydrogens (tertiary/aromatic N) is 2. The van der Waals surface area contributed by atoms with E-state index in [1.807, 2.05) is 0 Å². The molecule has 2 fully saturated rings. The van der Waals surface area contributed by atoms with E-state index >= 15 is 0 Å². The van der Waals surface area contributed by atoms with Crippen LogP contribution in [0, 0.1) is 5.92 Å². The van der Waals surface area contributed by atoms with E-state index in [1.165, 1.54) is 19.3 Å². The van der Waals surface area contributed by atoms with Gasteiger partial charge >= 0.3 is 0 Å². The monoisotopic (exact) mass is 277 g/mol. The molecular weight excluding hydrogens is 250 g/mol. The lowest BCUT2D eigenvalue weighted by atomic mass is 9.74. The molecule has 1 saturated carbocycles. The van der Waals surface area contributed by atoms with E-state index in [4.69, 9.17) is 9.84 Å². The third-order valence-electron chi connectivity index (χ3n) is 4.63. The molecule has 4 nitrogen and oxygen atoms in total. The smallest absolute Gasteiger partial charge is 0.0762 e. The zero-order valence-electron chi connectivity index (χ0n) is 12.8.